The predicted molar refractivity (Wildman–Crippen MR) is 138 cm³/mol. The molecule has 6 nitrogen and oxygen atoms in total. The minimum absolute atomic E-state index is 0.0280. The third-order valence-electron chi connectivity index (χ3n) is 7.72. The topological polar surface area (TPSA) is 69.7 Å². The monoisotopic (exact) mass is 479 g/mol. The Morgan fingerprint density at radius 1 is 0.889 bits per heavy atom. The molecule has 0 unspecified atom stereocenters. The van der Waals surface area contributed by atoms with E-state index in [2.05, 4.69) is 23.5 Å². The molecular weight excluding hydrogens is 450 g/mol. The summed E-state index contributed by atoms with van der Waals surface area (Å²) in [5.74, 6) is -0.199. The van der Waals surface area contributed by atoms with Crippen LogP contribution in [0.4, 0.5) is 5.69 Å². The summed E-state index contributed by atoms with van der Waals surface area (Å²) in [7, 11) is 0. The summed E-state index contributed by atoms with van der Waals surface area (Å²) in [6.07, 6.45) is 4.59. The molecule has 0 saturated carbocycles. The fourth-order valence-corrected chi connectivity index (χ4v) is 5.86. The van der Waals surface area contributed by atoms with Crippen molar-refractivity contribution < 1.29 is 14.4 Å². The van der Waals surface area contributed by atoms with Crippen molar-refractivity contribution in [2.45, 2.75) is 50.7 Å². The summed E-state index contributed by atoms with van der Waals surface area (Å²) < 4.78 is 0. The first-order valence-corrected chi connectivity index (χ1v) is 12.8. The smallest absolute Gasteiger partial charge is 0.256 e. The van der Waals surface area contributed by atoms with E-state index >= 15 is 0 Å². The van der Waals surface area contributed by atoms with Gasteiger partial charge in [0.2, 0.25) is 5.91 Å². The van der Waals surface area contributed by atoms with Crippen LogP contribution in [0.25, 0.3) is 0 Å². The lowest BCUT2D eigenvalue weighted by Crippen LogP contribution is -2.44. The number of nitrogens with one attached hydrogen (secondary N) is 1. The Bertz CT molecular complexity index is 1330. The Labute approximate surface area is 210 Å². The molecule has 6 heteroatoms. The lowest BCUT2D eigenvalue weighted by molar-refractivity contribution is -0.122. The van der Waals surface area contributed by atoms with Crippen LogP contribution in [0.3, 0.4) is 0 Å². The van der Waals surface area contributed by atoms with Crippen molar-refractivity contribution in [3.8, 4) is 0 Å². The molecular formula is C30H29N3O3. The zero-order valence-corrected chi connectivity index (χ0v) is 20.2. The molecule has 3 aromatic rings. The van der Waals surface area contributed by atoms with E-state index in [0.29, 0.717) is 36.3 Å². The van der Waals surface area contributed by atoms with Gasteiger partial charge in [0.15, 0.2) is 0 Å². The largest absolute Gasteiger partial charge is 0.345 e. The lowest BCUT2D eigenvalue weighted by atomic mass is 9.87. The van der Waals surface area contributed by atoms with Crippen molar-refractivity contribution in [2.24, 2.45) is 0 Å². The molecule has 0 bridgehead atoms. The SMILES string of the molecule is O=C(N[C@H]1CCCc2ccccc21)c1ccc(CN2C(=O)[C@H]3CCCN3C(=O)c3ccccc32)cc1. The average molecular weight is 480 g/mol. The third-order valence-corrected chi connectivity index (χ3v) is 7.72. The Balaban J connectivity index is 1.21. The van der Waals surface area contributed by atoms with E-state index in [1.165, 1.54) is 11.1 Å². The molecule has 6 rings (SSSR count). The fourth-order valence-electron chi connectivity index (χ4n) is 5.86. The second-order valence-corrected chi connectivity index (χ2v) is 9.91. The highest BCUT2D eigenvalue weighted by atomic mass is 16.2. The number of para-hydroxylation sites is 1. The van der Waals surface area contributed by atoms with E-state index in [9.17, 15) is 14.4 Å². The van der Waals surface area contributed by atoms with Gasteiger partial charge in [0, 0.05) is 12.1 Å². The van der Waals surface area contributed by atoms with Gasteiger partial charge in [-0.05, 0) is 73.1 Å². The molecule has 2 atom stereocenters. The third kappa shape index (κ3) is 3.96. The second kappa shape index (κ2) is 9.26. The number of nitrogens with zero attached hydrogens (tertiary/aromatic N) is 2. The van der Waals surface area contributed by atoms with E-state index in [-0.39, 0.29) is 23.8 Å². The number of amides is 3. The number of aryl methyl sites for hydroxylation is 1. The highest BCUT2D eigenvalue weighted by molar-refractivity contribution is 6.11. The standard InChI is InChI=1S/C30H29N3O3/c34-28(31-25-11-5-8-21-7-1-2-9-23(21)25)22-16-14-20(15-17-22)19-33-26-12-4-3-10-24(26)29(35)32-18-6-13-27(32)30(33)36/h1-4,7,9-10,12,14-17,25,27H,5-6,8,11,13,18-19H2,(H,31,34)/t25-,27+/m0/s1. The molecule has 0 spiro atoms. The van der Waals surface area contributed by atoms with E-state index < -0.39 is 6.04 Å². The van der Waals surface area contributed by atoms with Crippen LogP contribution < -0.4 is 10.2 Å². The van der Waals surface area contributed by atoms with Gasteiger partial charge in [-0.25, -0.2) is 0 Å². The fraction of sp³-hybridized carbons (Fsp3) is 0.300. The zero-order chi connectivity index (χ0) is 24.6. The minimum Gasteiger partial charge on any atom is -0.345 e. The molecule has 1 aliphatic carbocycles. The van der Waals surface area contributed by atoms with Gasteiger partial charge in [-0.1, -0.05) is 48.5 Å². The van der Waals surface area contributed by atoms with Crippen LogP contribution in [0.5, 0.6) is 0 Å². The molecule has 2 heterocycles. The highest BCUT2D eigenvalue weighted by Gasteiger charge is 2.41. The normalized spacial score (nSPS) is 20.9. The Hall–Kier alpha value is -3.93. The average Bonchev–Trinajstić information content (AvgIpc) is 3.39. The van der Waals surface area contributed by atoms with Crippen molar-refractivity contribution in [1.82, 2.24) is 10.2 Å². The first-order chi connectivity index (χ1) is 17.6. The predicted octanol–water partition coefficient (Wildman–Crippen LogP) is 4.65. The zero-order valence-electron chi connectivity index (χ0n) is 20.2. The van der Waals surface area contributed by atoms with Crippen molar-refractivity contribution in [1.29, 1.82) is 0 Å². The summed E-state index contributed by atoms with van der Waals surface area (Å²) in [6.45, 7) is 0.970. The summed E-state index contributed by atoms with van der Waals surface area (Å²) in [4.78, 5) is 43.1. The first-order valence-electron chi connectivity index (χ1n) is 12.8. The number of anilines is 1. The Morgan fingerprint density at radius 2 is 1.67 bits per heavy atom. The number of hydrogen-bond acceptors (Lipinski definition) is 3. The van der Waals surface area contributed by atoms with Gasteiger partial charge in [0.05, 0.1) is 23.8 Å². The molecule has 3 amide bonds. The maximum absolute atomic E-state index is 13.5. The van der Waals surface area contributed by atoms with Gasteiger partial charge < -0.3 is 15.1 Å². The van der Waals surface area contributed by atoms with Crippen LogP contribution in [0.2, 0.25) is 0 Å². The van der Waals surface area contributed by atoms with Crippen molar-refractivity contribution in [2.75, 3.05) is 11.4 Å². The van der Waals surface area contributed by atoms with Crippen LogP contribution in [0.15, 0.2) is 72.8 Å². The molecule has 0 radical (unpaired) electrons. The number of benzene rings is 3. The summed E-state index contributed by atoms with van der Waals surface area (Å²) in [5, 5.41) is 3.20. The summed E-state index contributed by atoms with van der Waals surface area (Å²) in [5.41, 5.74) is 5.26. The quantitative estimate of drug-likeness (QED) is 0.593. The maximum Gasteiger partial charge on any atom is 0.256 e. The number of fused-ring (bicyclic) bond motifs is 3. The van der Waals surface area contributed by atoms with Gasteiger partial charge in [-0.15, -0.1) is 0 Å². The minimum atomic E-state index is -0.409. The molecule has 36 heavy (non-hydrogen) atoms. The van der Waals surface area contributed by atoms with Gasteiger partial charge in [0.25, 0.3) is 11.8 Å². The van der Waals surface area contributed by atoms with E-state index in [1.54, 1.807) is 15.9 Å². The molecule has 1 fully saturated rings. The van der Waals surface area contributed by atoms with E-state index in [4.69, 9.17) is 0 Å². The lowest BCUT2D eigenvalue weighted by Gasteiger charge is -2.27. The molecule has 182 valence electrons. The van der Waals surface area contributed by atoms with E-state index in [1.807, 2.05) is 48.5 Å². The Kier molecular flexibility index (Phi) is 5.80. The Morgan fingerprint density at radius 3 is 2.53 bits per heavy atom. The van der Waals surface area contributed by atoms with Crippen LogP contribution in [-0.4, -0.2) is 35.2 Å². The number of rotatable bonds is 4. The van der Waals surface area contributed by atoms with Gasteiger partial charge in [-0.3, -0.25) is 14.4 Å². The van der Waals surface area contributed by atoms with Crippen molar-refractivity contribution in [3.05, 3.63) is 101 Å². The van der Waals surface area contributed by atoms with Gasteiger partial charge in [-0.2, -0.15) is 0 Å². The highest BCUT2D eigenvalue weighted by Crippen LogP contribution is 2.33. The summed E-state index contributed by atoms with van der Waals surface area (Å²) >= 11 is 0. The molecule has 1 saturated heterocycles. The van der Waals surface area contributed by atoms with Crippen LogP contribution >= 0.6 is 0 Å². The van der Waals surface area contributed by atoms with Gasteiger partial charge in [0.1, 0.15) is 6.04 Å². The molecule has 2 aliphatic heterocycles. The number of carbonyl (C=O) groups is 3. The van der Waals surface area contributed by atoms with Crippen LogP contribution in [0.1, 0.15) is 69.1 Å². The van der Waals surface area contributed by atoms with Crippen molar-refractivity contribution in [3.63, 3.8) is 0 Å². The first kappa shape index (κ1) is 22.5. The molecule has 0 aromatic heterocycles. The second-order valence-electron chi connectivity index (χ2n) is 9.91. The summed E-state index contributed by atoms with van der Waals surface area (Å²) in [6, 6.07) is 22.7. The van der Waals surface area contributed by atoms with E-state index in [0.717, 1.165) is 31.2 Å². The molecule has 3 aliphatic rings. The maximum atomic E-state index is 13.5. The van der Waals surface area contributed by atoms with Crippen LogP contribution in [0, 0.1) is 0 Å². The van der Waals surface area contributed by atoms with Gasteiger partial charge >= 0.3 is 0 Å². The molecule has 1 N–H and O–H groups in total. The number of carbonyl (C=O) groups excluding carboxylic acids is 3. The van der Waals surface area contributed by atoms with Crippen LogP contribution in [-0.2, 0) is 17.8 Å². The number of hydrogen-bond donors (Lipinski definition) is 1. The molecule has 3 aromatic carbocycles. The van der Waals surface area contributed by atoms with Crippen molar-refractivity contribution >= 4 is 23.4 Å².